The molecule has 1 aromatic heterocycles. The molecule has 148 valence electrons. The van der Waals surface area contributed by atoms with Crippen molar-refractivity contribution in [1.82, 2.24) is 9.88 Å². The minimum Gasteiger partial charge on any atom is -0.497 e. The third-order valence-corrected chi connectivity index (χ3v) is 5.58. The number of halogens is 1. The van der Waals surface area contributed by atoms with Crippen LogP contribution in [-0.2, 0) is 6.54 Å². The summed E-state index contributed by atoms with van der Waals surface area (Å²) < 4.78 is 5.37. The SMILES string of the molecule is COc1ccc2[nH]cc(C3CCN(C(=O)c4ccc(CN)cc4)CC3)c2c1.Cl. The number of hydrogen-bond donors (Lipinski definition) is 2. The Labute approximate surface area is 171 Å². The number of aromatic amines is 1. The first-order valence-corrected chi connectivity index (χ1v) is 9.43. The number of carbonyl (C=O) groups excluding carboxylic acids is 1. The van der Waals surface area contributed by atoms with E-state index >= 15 is 0 Å². The summed E-state index contributed by atoms with van der Waals surface area (Å²) in [7, 11) is 1.69. The van der Waals surface area contributed by atoms with Gasteiger partial charge in [0.15, 0.2) is 0 Å². The Morgan fingerprint density at radius 1 is 1.18 bits per heavy atom. The van der Waals surface area contributed by atoms with E-state index < -0.39 is 0 Å². The number of H-pyrrole nitrogens is 1. The van der Waals surface area contributed by atoms with Crippen LogP contribution >= 0.6 is 12.4 Å². The van der Waals surface area contributed by atoms with Gasteiger partial charge in [0.1, 0.15) is 5.75 Å². The minimum absolute atomic E-state index is 0. The summed E-state index contributed by atoms with van der Waals surface area (Å²) in [5.41, 5.74) is 9.86. The predicted molar refractivity (Wildman–Crippen MR) is 114 cm³/mol. The summed E-state index contributed by atoms with van der Waals surface area (Å²) in [6, 6.07) is 13.7. The van der Waals surface area contributed by atoms with Crippen molar-refractivity contribution in [2.45, 2.75) is 25.3 Å². The van der Waals surface area contributed by atoms with Crippen molar-refractivity contribution in [3.63, 3.8) is 0 Å². The van der Waals surface area contributed by atoms with Crippen LogP contribution in [0.25, 0.3) is 10.9 Å². The molecule has 1 saturated heterocycles. The molecule has 2 heterocycles. The third-order valence-electron chi connectivity index (χ3n) is 5.58. The smallest absolute Gasteiger partial charge is 0.253 e. The molecule has 1 aliphatic heterocycles. The van der Waals surface area contributed by atoms with Crippen molar-refractivity contribution in [1.29, 1.82) is 0 Å². The van der Waals surface area contributed by atoms with Gasteiger partial charge in [-0.1, -0.05) is 12.1 Å². The summed E-state index contributed by atoms with van der Waals surface area (Å²) in [4.78, 5) is 18.1. The number of benzene rings is 2. The van der Waals surface area contributed by atoms with Crippen LogP contribution in [0.1, 0.15) is 40.2 Å². The molecule has 3 N–H and O–H groups in total. The maximum Gasteiger partial charge on any atom is 0.253 e. The van der Waals surface area contributed by atoms with Crippen molar-refractivity contribution in [3.8, 4) is 5.75 Å². The molecule has 5 nitrogen and oxygen atoms in total. The van der Waals surface area contributed by atoms with E-state index in [4.69, 9.17) is 10.5 Å². The number of nitrogens with two attached hydrogens (primary N) is 1. The molecule has 0 unspecified atom stereocenters. The molecule has 0 radical (unpaired) electrons. The Morgan fingerprint density at radius 2 is 1.89 bits per heavy atom. The van der Waals surface area contributed by atoms with Gasteiger partial charge in [-0.2, -0.15) is 0 Å². The first kappa shape index (κ1) is 20.2. The second-order valence-electron chi connectivity index (χ2n) is 7.12. The maximum atomic E-state index is 12.8. The van der Waals surface area contributed by atoms with Gasteiger partial charge >= 0.3 is 0 Å². The summed E-state index contributed by atoms with van der Waals surface area (Å²) in [5.74, 6) is 1.43. The van der Waals surface area contributed by atoms with E-state index in [0.717, 1.165) is 48.3 Å². The highest BCUT2D eigenvalue weighted by Gasteiger charge is 2.26. The topological polar surface area (TPSA) is 71.3 Å². The van der Waals surface area contributed by atoms with Gasteiger partial charge in [0.2, 0.25) is 0 Å². The fourth-order valence-corrected chi connectivity index (χ4v) is 3.95. The van der Waals surface area contributed by atoms with Crippen LogP contribution in [0.4, 0.5) is 0 Å². The molecule has 1 amide bonds. The molecular weight excluding hydrogens is 374 g/mol. The zero-order valence-corrected chi connectivity index (χ0v) is 16.8. The number of likely N-dealkylation sites (tertiary alicyclic amines) is 1. The number of piperidine rings is 1. The second-order valence-corrected chi connectivity index (χ2v) is 7.12. The van der Waals surface area contributed by atoms with E-state index in [1.807, 2.05) is 35.2 Å². The Hall–Kier alpha value is -2.50. The maximum absolute atomic E-state index is 12.8. The van der Waals surface area contributed by atoms with Gasteiger partial charge in [-0.15, -0.1) is 12.4 Å². The van der Waals surface area contributed by atoms with Crippen LogP contribution in [0, 0.1) is 0 Å². The first-order chi connectivity index (χ1) is 13.2. The zero-order valence-electron chi connectivity index (χ0n) is 16.0. The van der Waals surface area contributed by atoms with E-state index in [1.165, 1.54) is 10.9 Å². The fraction of sp³-hybridized carbons (Fsp3) is 0.318. The van der Waals surface area contributed by atoms with Crippen molar-refractivity contribution in [2.24, 2.45) is 5.73 Å². The molecular formula is C22H26ClN3O2. The van der Waals surface area contributed by atoms with Crippen LogP contribution in [0.15, 0.2) is 48.7 Å². The van der Waals surface area contributed by atoms with Crippen molar-refractivity contribution in [3.05, 3.63) is 65.4 Å². The van der Waals surface area contributed by atoms with Crippen LogP contribution < -0.4 is 10.5 Å². The highest BCUT2D eigenvalue weighted by atomic mass is 35.5. The van der Waals surface area contributed by atoms with Crippen LogP contribution in [0.2, 0.25) is 0 Å². The molecule has 0 saturated carbocycles. The minimum atomic E-state index is 0. The molecule has 0 spiro atoms. The number of nitrogens with zero attached hydrogens (tertiary/aromatic N) is 1. The lowest BCUT2D eigenvalue weighted by Gasteiger charge is -2.32. The lowest BCUT2D eigenvalue weighted by Crippen LogP contribution is -2.37. The Kier molecular flexibility index (Phi) is 6.27. The van der Waals surface area contributed by atoms with Gasteiger partial charge in [-0.3, -0.25) is 4.79 Å². The van der Waals surface area contributed by atoms with E-state index in [-0.39, 0.29) is 18.3 Å². The van der Waals surface area contributed by atoms with Gasteiger partial charge in [-0.25, -0.2) is 0 Å². The van der Waals surface area contributed by atoms with E-state index in [9.17, 15) is 4.79 Å². The van der Waals surface area contributed by atoms with Crippen LogP contribution in [0.5, 0.6) is 5.75 Å². The number of nitrogens with one attached hydrogen (secondary N) is 1. The first-order valence-electron chi connectivity index (χ1n) is 9.43. The Balaban J connectivity index is 0.00000225. The number of rotatable bonds is 4. The number of ether oxygens (including phenoxy) is 1. The average Bonchev–Trinajstić information content (AvgIpc) is 3.16. The van der Waals surface area contributed by atoms with Crippen molar-refractivity contribution in [2.75, 3.05) is 20.2 Å². The Bertz CT molecular complexity index is 944. The quantitative estimate of drug-likeness (QED) is 0.694. The summed E-state index contributed by atoms with van der Waals surface area (Å²) in [6.45, 7) is 2.05. The summed E-state index contributed by atoms with van der Waals surface area (Å²) in [5, 5.41) is 1.22. The van der Waals surface area contributed by atoms with Crippen molar-refractivity contribution < 1.29 is 9.53 Å². The molecule has 0 atom stereocenters. The lowest BCUT2D eigenvalue weighted by molar-refractivity contribution is 0.0713. The van der Waals surface area contributed by atoms with Gasteiger partial charge in [0.05, 0.1) is 7.11 Å². The zero-order chi connectivity index (χ0) is 18.8. The molecule has 4 rings (SSSR count). The lowest BCUT2D eigenvalue weighted by atomic mass is 9.89. The van der Waals surface area contributed by atoms with Gasteiger partial charge in [0.25, 0.3) is 5.91 Å². The van der Waals surface area contributed by atoms with Gasteiger partial charge in [-0.05, 0) is 60.2 Å². The number of carbonyl (C=O) groups is 1. The molecule has 1 fully saturated rings. The predicted octanol–water partition coefficient (Wildman–Crippen LogP) is 4.08. The molecule has 2 aromatic carbocycles. The average molecular weight is 400 g/mol. The molecule has 28 heavy (non-hydrogen) atoms. The molecule has 0 bridgehead atoms. The monoisotopic (exact) mass is 399 g/mol. The van der Waals surface area contributed by atoms with Crippen molar-refractivity contribution >= 4 is 29.2 Å². The normalized spacial score (nSPS) is 14.7. The second kappa shape index (κ2) is 8.67. The van der Waals surface area contributed by atoms with E-state index in [0.29, 0.717) is 12.5 Å². The van der Waals surface area contributed by atoms with Gasteiger partial charge in [0, 0.05) is 42.3 Å². The number of amides is 1. The number of aromatic nitrogens is 1. The highest BCUT2D eigenvalue weighted by molar-refractivity contribution is 5.94. The number of fused-ring (bicyclic) bond motifs is 1. The van der Waals surface area contributed by atoms with E-state index in [2.05, 4.69) is 23.3 Å². The highest BCUT2D eigenvalue weighted by Crippen LogP contribution is 2.35. The number of hydrogen-bond acceptors (Lipinski definition) is 3. The van der Waals surface area contributed by atoms with Crippen LogP contribution in [-0.4, -0.2) is 36.0 Å². The standard InChI is InChI=1S/C22H25N3O2.ClH/c1-27-18-6-7-21-19(12-18)20(14-24-21)16-8-10-25(11-9-16)22(26)17-4-2-15(13-23)3-5-17;/h2-7,12,14,16,24H,8-11,13,23H2,1H3;1H. The molecule has 3 aromatic rings. The largest absolute Gasteiger partial charge is 0.497 e. The van der Waals surface area contributed by atoms with Crippen LogP contribution in [0.3, 0.4) is 0 Å². The third kappa shape index (κ3) is 3.86. The number of methoxy groups -OCH3 is 1. The molecule has 0 aliphatic carbocycles. The molecule has 1 aliphatic rings. The van der Waals surface area contributed by atoms with Gasteiger partial charge < -0.3 is 20.4 Å². The summed E-state index contributed by atoms with van der Waals surface area (Å²) in [6.07, 6.45) is 4.05. The summed E-state index contributed by atoms with van der Waals surface area (Å²) >= 11 is 0. The fourth-order valence-electron chi connectivity index (χ4n) is 3.95. The Morgan fingerprint density at radius 3 is 2.54 bits per heavy atom. The van der Waals surface area contributed by atoms with E-state index in [1.54, 1.807) is 7.11 Å². The molecule has 6 heteroatoms.